The van der Waals surface area contributed by atoms with Crippen molar-refractivity contribution >= 4 is 17.2 Å². The van der Waals surface area contributed by atoms with E-state index in [4.69, 9.17) is 0 Å². The molecule has 100 valence electrons. The smallest absolute Gasteiger partial charge is 0.236 e. The SMILES string of the molecule is Cc1ncc(CN(C)CC(=O)N2CCNCC2)s1. The van der Waals surface area contributed by atoms with Gasteiger partial charge in [0.2, 0.25) is 5.91 Å². The van der Waals surface area contributed by atoms with E-state index in [1.54, 1.807) is 11.3 Å². The van der Waals surface area contributed by atoms with Gasteiger partial charge in [0, 0.05) is 43.8 Å². The molecule has 0 aliphatic carbocycles. The van der Waals surface area contributed by atoms with Crippen LogP contribution < -0.4 is 5.32 Å². The van der Waals surface area contributed by atoms with Crippen LogP contribution in [0.5, 0.6) is 0 Å². The Morgan fingerprint density at radius 1 is 1.56 bits per heavy atom. The van der Waals surface area contributed by atoms with Gasteiger partial charge in [0.1, 0.15) is 0 Å². The summed E-state index contributed by atoms with van der Waals surface area (Å²) in [5.74, 6) is 0.222. The molecule has 1 amide bonds. The van der Waals surface area contributed by atoms with Gasteiger partial charge in [-0.15, -0.1) is 11.3 Å². The van der Waals surface area contributed by atoms with Crippen LogP contribution >= 0.6 is 11.3 Å². The number of nitrogens with one attached hydrogen (secondary N) is 1. The Balaban J connectivity index is 1.79. The molecule has 0 atom stereocenters. The standard InChI is InChI=1S/C12H20N4OS/c1-10-14-7-11(18-10)8-15(2)9-12(17)16-5-3-13-4-6-16/h7,13H,3-6,8-9H2,1-2H3. The molecule has 1 aliphatic rings. The highest BCUT2D eigenvalue weighted by Gasteiger charge is 2.17. The molecular formula is C12H20N4OS. The largest absolute Gasteiger partial charge is 0.339 e. The third-order valence-corrected chi connectivity index (χ3v) is 3.87. The van der Waals surface area contributed by atoms with Gasteiger partial charge in [0.15, 0.2) is 0 Å². The highest BCUT2D eigenvalue weighted by atomic mass is 32.1. The van der Waals surface area contributed by atoms with Crippen LogP contribution in [0.25, 0.3) is 0 Å². The van der Waals surface area contributed by atoms with Crippen molar-refractivity contribution in [3.8, 4) is 0 Å². The fraction of sp³-hybridized carbons (Fsp3) is 0.667. The van der Waals surface area contributed by atoms with Gasteiger partial charge in [-0.2, -0.15) is 0 Å². The summed E-state index contributed by atoms with van der Waals surface area (Å²) in [6.07, 6.45) is 1.89. The summed E-state index contributed by atoms with van der Waals surface area (Å²) in [5, 5.41) is 4.33. The van der Waals surface area contributed by atoms with Crippen molar-refractivity contribution in [3.63, 3.8) is 0 Å². The molecule has 6 heteroatoms. The van der Waals surface area contributed by atoms with Gasteiger partial charge in [-0.1, -0.05) is 0 Å². The molecule has 0 bridgehead atoms. The summed E-state index contributed by atoms with van der Waals surface area (Å²) in [5.41, 5.74) is 0. The minimum absolute atomic E-state index is 0.222. The first-order valence-electron chi connectivity index (χ1n) is 6.23. The van der Waals surface area contributed by atoms with Crippen molar-refractivity contribution in [1.29, 1.82) is 0 Å². The van der Waals surface area contributed by atoms with Crippen LogP contribution in [-0.2, 0) is 11.3 Å². The third-order valence-electron chi connectivity index (χ3n) is 2.97. The van der Waals surface area contributed by atoms with E-state index < -0.39 is 0 Å². The van der Waals surface area contributed by atoms with E-state index in [0.717, 1.165) is 37.7 Å². The zero-order valence-electron chi connectivity index (χ0n) is 11.0. The maximum atomic E-state index is 12.0. The Morgan fingerprint density at radius 2 is 2.28 bits per heavy atom. The van der Waals surface area contributed by atoms with E-state index in [1.165, 1.54) is 4.88 Å². The summed E-state index contributed by atoms with van der Waals surface area (Å²) in [6, 6.07) is 0. The molecule has 2 heterocycles. The minimum atomic E-state index is 0.222. The number of hydrogen-bond acceptors (Lipinski definition) is 5. The molecule has 0 radical (unpaired) electrons. The van der Waals surface area contributed by atoms with Gasteiger partial charge in [-0.05, 0) is 14.0 Å². The molecule has 1 aromatic heterocycles. The maximum absolute atomic E-state index is 12.0. The predicted octanol–water partition coefficient (Wildman–Crippen LogP) is 0.315. The first-order valence-corrected chi connectivity index (χ1v) is 7.05. The van der Waals surface area contributed by atoms with E-state index in [2.05, 4.69) is 15.2 Å². The van der Waals surface area contributed by atoms with Crippen molar-refractivity contribution in [3.05, 3.63) is 16.1 Å². The molecular weight excluding hydrogens is 248 g/mol. The lowest BCUT2D eigenvalue weighted by atomic mass is 10.3. The van der Waals surface area contributed by atoms with E-state index in [-0.39, 0.29) is 5.91 Å². The second-order valence-corrected chi connectivity index (χ2v) is 5.97. The normalized spacial score (nSPS) is 16.3. The van der Waals surface area contributed by atoms with Crippen molar-refractivity contribution in [2.24, 2.45) is 0 Å². The second-order valence-electron chi connectivity index (χ2n) is 4.65. The van der Waals surface area contributed by atoms with Crippen molar-refractivity contribution in [2.45, 2.75) is 13.5 Å². The number of rotatable bonds is 4. The number of piperazine rings is 1. The van der Waals surface area contributed by atoms with Gasteiger partial charge in [-0.25, -0.2) is 4.98 Å². The molecule has 18 heavy (non-hydrogen) atoms. The van der Waals surface area contributed by atoms with E-state index in [1.807, 2.05) is 25.1 Å². The Kier molecular flexibility index (Phi) is 4.68. The average molecular weight is 268 g/mol. The van der Waals surface area contributed by atoms with Gasteiger partial charge in [-0.3, -0.25) is 9.69 Å². The van der Waals surface area contributed by atoms with Crippen LogP contribution in [0.4, 0.5) is 0 Å². The van der Waals surface area contributed by atoms with Crippen LogP contribution in [-0.4, -0.2) is 60.5 Å². The van der Waals surface area contributed by atoms with Crippen molar-refractivity contribution in [1.82, 2.24) is 20.1 Å². The van der Waals surface area contributed by atoms with Gasteiger partial charge < -0.3 is 10.2 Å². The van der Waals surface area contributed by atoms with Crippen LogP contribution in [0.2, 0.25) is 0 Å². The van der Waals surface area contributed by atoms with Crippen molar-refractivity contribution < 1.29 is 4.79 Å². The monoisotopic (exact) mass is 268 g/mol. The lowest BCUT2D eigenvalue weighted by Crippen LogP contribution is -2.49. The van der Waals surface area contributed by atoms with E-state index in [0.29, 0.717) is 6.54 Å². The maximum Gasteiger partial charge on any atom is 0.236 e. The molecule has 2 rings (SSSR count). The topological polar surface area (TPSA) is 48.5 Å². The zero-order valence-corrected chi connectivity index (χ0v) is 11.8. The summed E-state index contributed by atoms with van der Waals surface area (Å²) in [4.78, 5) is 21.5. The lowest BCUT2D eigenvalue weighted by Gasteiger charge is -2.29. The molecule has 1 aliphatic heterocycles. The summed E-state index contributed by atoms with van der Waals surface area (Å²) < 4.78 is 0. The van der Waals surface area contributed by atoms with Crippen LogP contribution in [0.3, 0.4) is 0 Å². The van der Waals surface area contributed by atoms with Crippen molar-refractivity contribution in [2.75, 3.05) is 39.8 Å². The predicted molar refractivity (Wildman–Crippen MR) is 72.6 cm³/mol. The number of aromatic nitrogens is 1. The quantitative estimate of drug-likeness (QED) is 0.854. The number of aryl methyl sites for hydroxylation is 1. The number of carbonyl (C=O) groups excluding carboxylic acids is 1. The van der Waals surface area contributed by atoms with Gasteiger partial charge in [0.05, 0.1) is 11.6 Å². The second kappa shape index (κ2) is 6.26. The minimum Gasteiger partial charge on any atom is -0.339 e. The molecule has 0 saturated carbocycles. The Bertz CT molecular complexity index is 401. The molecule has 5 nitrogen and oxygen atoms in total. The molecule has 1 aromatic rings. The molecule has 0 aromatic carbocycles. The summed E-state index contributed by atoms with van der Waals surface area (Å²) in [6.45, 7) is 6.74. The number of carbonyl (C=O) groups is 1. The fourth-order valence-corrected chi connectivity index (χ4v) is 2.92. The summed E-state index contributed by atoms with van der Waals surface area (Å²) in [7, 11) is 1.98. The Hall–Kier alpha value is -0.980. The Labute approximate surface area is 112 Å². The first kappa shape index (κ1) is 13.5. The molecule has 1 fully saturated rings. The number of thiazole rings is 1. The van der Waals surface area contributed by atoms with Gasteiger partial charge >= 0.3 is 0 Å². The zero-order chi connectivity index (χ0) is 13.0. The van der Waals surface area contributed by atoms with E-state index >= 15 is 0 Å². The van der Waals surface area contributed by atoms with Crippen LogP contribution in [0.1, 0.15) is 9.88 Å². The number of amides is 1. The van der Waals surface area contributed by atoms with Crippen LogP contribution in [0, 0.1) is 6.92 Å². The van der Waals surface area contributed by atoms with E-state index in [9.17, 15) is 4.79 Å². The molecule has 1 N–H and O–H groups in total. The summed E-state index contributed by atoms with van der Waals surface area (Å²) >= 11 is 1.69. The number of nitrogens with zero attached hydrogens (tertiary/aromatic N) is 3. The van der Waals surface area contributed by atoms with Gasteiger partial charge in [0.25, 0.3) is 0 Å². The molecule has 0 spiro atoms. The highest BCUT2D eigenvalue weighted by molar-refractivity contribution is 7.11. The number of hydrogen-bond donors (Lipinski definition) is 1. The average Bonchev–Trinajstić information content (AvgIpc) is 2.75. The molecule has 1 saturated heterocycles. The first-order chi connectivity index (χ1) is 8.65. The molecule has 0 unspecified atom stereocenters. The van der Waals surface area contributed by atoms with Crippen LogP contribution in [0.15, 0.2) is 6.20 Å². The Morgan fingerprint density at radius 3 is 2.89 bits per heavy atom. The highest BCUT2D eigenvalue weighted by Crippen LogP contribution is 2.13. The number of likely N-dealkylation sites (N-methyl/N-ethyl adjacent to an activating group) is 1. The third kappa shape index (κ3) is 3.76. The lowest BCUT2D eigenvalue weighted by molar-refractivity contribution is -0.132. The fourth-order valence-electron chi connectivity index (χ4n) is 2.05.